The zero-order valence-electron chi connectivity index (χ0n) is 12.0. The molecule has 0 fully saturated rings. The minimum Gasteiger partial charge on any atom is -0.490 e. The fraction of sp³-hybridized carbons (Fsp3) is 0.500. The molecule has 0 radical (unpaired) electrons. The van der Waals surface area contributed by atoms with E-state index in [9.17, 15) is 0 Å². The third-order valence-electron chi connectivity index (χ3n) is 2.52. The zero-order chi connectivity index (χ0) is 13.4. The maximum atomic E-state index is 5.68. The van der Waals surface area contributed by atoms with Gasteiger partial charge in [0.1, 0.15) is 12.4 Å². The van der Waals surface area contributed by atoms with Crippen LogP contribution >= 0.6 is 0 Å². The predicted molar refractivity (Wildman–Crippen MR) is 77.9 cm³/mol. The number of nitrogens with one attached hydrogen (secondary N) is 1. The smallest absolute Gasteiger partial charge is 0.120 e. The van der Waals surface area contributed by atoms with Crippen LogP contribution < -0.4 is 10.1 Å². The van der Waals surface area contributed by atoms with Crippen LogP contribution in [-0.4, -0.2) is 13.2 Å². The minimum atomic E-state index is 0.644. The van der Waals surface area contributed by atoms with Gasteiger partial charge in [0.05, 0.1) is 0 Å². The van der Waals surface area contributed by atoms with E-state index in [1.807, 2.05) is 12.1 Å². The van der Waals surface area contributed by atoms with Gasteiger partial charge >= 0.3 is 0 Å². The predicted octanol–water partition coefficient (Wildman–Crippen LogP) is 3.78. The summed E-state index contributed by atoms with van der Waals surface area (Å²) in [5, 5.41) is 3.44. The van der Waals surface area contributed by atoms with Crippen LogP contribution in [0.3, 0.4) is 0 Å². The number of ether oxygens (including phenoxy) is 1. The van der Waals surface area contributed by atoms with Crippen molar-refractivity contribution >= 4 is 0 Å². The highest BCUT2D eigenvalue weighted by Crippen LogP contribution is 2.13. The molecule has 0 aliphatic heterocycles. The molecule has 0 aliphatic carbocycles. The summed E-state index contributed by atoms with van der Waals surface area (Å²) in [4.78, 5) is 0. The first-order valence-corrected chi connectivity index (χ1v) is 6.63. The van der Waals surface area contributed by atoms with Crippen LogP contribution in [0.1, 0.15) is 33.3 Å². The SMILES string of the molecule is CC(C)=CCOc1cccc(CNCC(C)C)c1. The Kier molecular flexibility index (Phi) is 6.51. The molecule has 100 valence electrons. The first-order valence-electron chi connectivity index (χ1n) is 6.63. The second kappa shape index (κ2) is 7.93. The lowest BCUT2D eigenvalue weighted by molar-refractivity contribution is 0.361. The van der Waals surface area contributed by atoms with Gasteiger partial charge in [-0.3, -0.25) is 0 Å². The van der Waals surface area contributed by atoms with Crippen molar-refractivity contribution in [2.45, 2.75) is 34.2 Å². The second-order valence-electron chi connectivity index (χ2n) is 5.26. The molecule has 1 aromatic carbocycles. The molecule has 1 N–H and O–H groups in total. The number of benzene rings is 1. The van der Waals surface area contributed by atoms with Gasteiger partial charge in [-0.05, 0) is 50.1 Å². The van der Waals surface area contributed by atoms with E-state index in [4.69, 9.17) is 4.74 Å². The van der Waals surface area contributed by atoms with Crippen LogP contribution in [0.25, 0.3) is 0 Å². The number of rotatable bonds is 7. The third kappa shape index (κ3) is 6.45. The van der Waals surface area contributed by atoms with Crippen molar-refractivity contribution in [1.82, 2.24) is 5.32 Å². The molecule has 0 aliphatic rings. The maximum absolute atomic E-state index is 5.68. The topological polar surface area (TPSA) is 21.3 Å². The lowest BCUT2D eigenvalue weighted by Gasteiger charge is -2.09. The lowest BCUT2D eigenvalue weighted by Crippen LogP contribution is -2.18. The van der Waals surface area contributed by atoms with Crippen molar-refractivity contribution in [2.75, 3.05) is 13.2 Å². The van der Waals surface area contributed by atoms with Crippen LogP contribution in [-0.2, 0) is 6.54 Å². The molecule has 0 saturated heterocycles. The molecule has 0 amide bonds. The standard InChI is InChI=1S/C16H25NO/c1-13(2)8-9-18-16-7-5-6-15(10-16)12-17-11-14(3)4/h5-8,10,14,17H,9,11-12H2,1-4H3. The molecule has 0 unspecified atom stereocenters. The molecule has 1 rings (SSSR count). The molecule has 0 heterocycles. The van der Waals surface area contributed by atoms with Gasteiger partial charge < -0.3 is 10.1 Å². The van der Waals surface area contributed by atoms with Crippen LogP contribution in [0.5, 0.6) is 5.75 Å². The fourth-order valence-corrected chi connectivity index (χ4v) is 1.55. The van der Waals surface area contributed by atoms with Crippen molar-refractivity contribution in [3.63, 3.8) is 0 Å². The molecule has 2 nitrogen and oxygen atoms in total. The molecule has 0 spiro atoms. The summed E-state index contributed by atoms with van der Waals surface area (Å²) in [5.74, 6) is 1.62. The highest BCUT2D eigenvalue weighted by Gasteiger charge is 1.97. The van der Waals surface area contributed by atoms with Gasteiger partial charge in [0.2, 0.25) is 0 Å². The van der Waals surface area contributed by atoms with E-state index >= 15 is 0 Å². The molecule has 0 aromatic heterocycles. The third-order valence-corrected chi connectivity index (χ3v) is 2.52. The van der Waals surface area contributed by atoms with Crippen LogP contribution in [0.4, 0.5) is 0 Å². The van der Waals surface area contributed by atoms with E-state index in [0.29, 0.717) is 12.5 Å². The Morgan fingerprint density at radius 2 is 2.11 bits per heavy atom. The molecule has 2 heteroatoms. The van der Waals surface area contributed by atoms with E-state index in [1.165, 1.54) is 11.1 Å². The summed E-state index contributed by atoms with van der Waals surface area (Å²) in [7, 11) is 0. The number of hydrogen-bond acceptors (Lipinski definition) is 2. The molecule has 1 aromatic rings. The highest BCUT2D eigenvalue weighted by atomic mass is 16.5. The summed E-state index contributed by atoms with van der Waals surface area (Å²) >= 11 is 0. The Morgan fingerprint density at radius 1 is 1.33 bits per heavy atom. The fourth-order valence-electron chi connectivity index (χ4n) is 1.55. The Labute approximate surface area is 111 Å². The van der Waals surface area contributed by atoms with Crippen molar-refractivity contribution in [2.24, 2.45) is 5.92 Å². The maximum Gasteiger partial charge on any atom is 0.120 e. The van der Waals surface area contributed by atoms with Gasteiger partial charge in [0.25, 0.3) is 0 Å². The largest absolute Gasteiger partial charge is 0.490 e. The Hall–Kier alpha value is -1.28. The summed E-state index contributed by atoms with van der Waals surface area (Å²) in [6, 6.07) is 8.28. The Balaban J connectivity index is 2.44. The van der Waals surface area contributed by atoms with Crippen LogP contribution in [0.15, 0.2) is 35.9 Å². The second-order valence-corrected chi connectivity index (χ2v) is 5.26. The Bertz CT molecular complexity index is 378. The van der Waals surface area contributed by atoms with E-state index in [-0.39, 0.29) is 0 Å². The number of hydrogen-bond donors (Lipinski definition) is 1. The van der Waals surface area contributed by atoms with Gasteiger partial charge in [-0.2, -0.15) is 0 Å². The normalized spacial score (nSPS) is 10.5. The Morgan fingerprint density at radius 3 is 2.78 bits per heavy atom. The average molecular weight is 247 g/mol. The minimum absolute atomic E-state index is 0.644. The molecular weight excluding hydrogens is 222 g/mol. The van der Waals surface area contributed by atoms with Crippen molar-refractivity contribution < 1.29 is 4.74 Å². The lowest BCUT2D eigenvalue weighted by atomic mass is 10.2. The first-order chi connectivity index (χ1) is 8.58. The quantitative estimate of drug-likeness (QED) is 0.740. The van der Waals surface area contributed by atoms with Gasteiger partial charge in [-0.15, -0.1) is 0 Å². The average Bonchev–Trinajstić information content (AvgIpc) is 2.28. The van der Waals surface area contributed by atoms with Gasteiger partial charge in [0, 0.05) is 6.54 Å². The molecule has 18 heavy (non-hydrogen) atoms. The van der Waals surface area contributed by atoms with Crippen molar-refractivity contribution in [3.05, 3.63) is 41.5 Å². The monoisotopic (exact) mass is 247 g/mol. The summed E-state index contributed by atoms with van der Waals surface area (Å²) < 4.78 is 5.68. The number of allylic oxidation sites excluding steroid dienone is 1. The van der Waals surface area contributed by atoms with Gasteiger partial charge in [-0.25, -0.2) is 0 Å². The van der Waals surface area contributed by atoms with Crippen LogP contribution in [0, 0.1) is 5.92 Å². The van der Waals surface area contributed by atoms with E-state index < -0.39 is 0 Å². The van der Waals surface area contributed by atoms with E-state index in [2.05, 4.69) is 51.2 Å². The van der Waals surface area contributed by atoms with Crippen molar-refractivity contribution in [1.29, 1.82) is 0 Å². The van der Waals surface area contributed by atoms with Gasteiger partial charge in [-0.1, -0.05) is 31.6 Å². The summed E-state index contributed by atoms with van der Waals surface area (Å²) in [6.07, 6.45) is 2.09. The summed E-state index contributed by atoms with van der Waals surface area (Å²) in [5.41, 5.74) is 2.55. The zero-order valence-corrected chi connectivity index (χ0v) is 12.0. The molecule has 0 saturated carbocycles. The van der Waals surface area contributed by atoms with E-state index in [1.54, 1.807) is 0 Å². The summed E-state index contributed by atoms with van der Waals surface area (Å²) in [6.45, 7) is 11.2. The van der Waals surface area contributed by atoms with Crippen molar-refractivity contribution in [3.8, 4) is 5.75 Å². The first kappa shape index (κ1) is 14.8. The molecule has 0 bridgehead atoms. The highest BCUT2D eigenvalue weighted by molar-refractivity contribution is 5.28. The van der Waals surface area contributed by atoms with Gasteiger partial charge in [0.15, 0.2) is 0 Å². The van der Waals surface area contributed by atoms with E-state index in [0.717, 1.165) is 18.8 Å². The van der Waals surface area contributed by atoms with Crippen LogP contribution in [0.2, 0.25) is 0 Å². The molecule has 0 atom stereocenters. The molecular formula is C16H25NO.